The average molecular weight is 474 g/mol. The molecule has 0 aliphatic carbocycles. The lowest BCUT2D eigenvalue weighted by Crippen LogP contribution is -2.41. The Hall–Kier alpha value is -2.78. The molecule has 0 unspecified atom stereocenters. The number of carbonyl (C=O) groups excluding carboxylic acids is 2. The molecule has 7 nitrogen and oxygen atoms in total. The van der Waals surface area contributed by atoms with Crippen LogP contribution in [0.2, 0.25) is 0 Å². The third kappa shape index (κ3) is 4.94. The monoisotopic (exact) mass is 473 g/mol. The van der Waals surface area contributed by atoms with Crippen molar-refractivity contribution in [3.8, 4) is 0 Å². The van der Waals surface area contributed by atoms with Gasteiger partial charge in [-0.25, -0.2) is 12.8 Å². The van der Waals surface area contributed by atoms with Crippen LogP contribution in [-0.2, 0) is 14.8 Å². The van der Waals surface area contributed by atoms with Crippen LogP contribution in [0, 0.1) is 18.7 Å². The number of sulfonamides is 1. The van der Waals surface area contributed by atoms with E-state index in [1.165, 1.54) is 16.4 Å². The maximum Gasteiger partial charge on any atom is 0.255 e. The van der Waals surface area contributed by atoms with E-state index in [-0.39, 0.29) is 35.7 Å². The van der Waals surface area contributed by atoms with Crippen LogP contribution in [0.4, 0.5) is 10.1 Å². The van der Waals surface area contributed by atoms with Gasteiger partial charge in [-0.3, -0.25) is 9.59 Å². The summed E-state index contributed by atoms with van der Waals surface area (Å²) < 4.78 is 40.1. The van der Waals surface area contributed by atoms with Gasteiger partial charge in [0.1, 0.15) is 5.82 Å². The average Bonchev–Trinajstić information content (AvgIpc) is 3.35. The number of aryl methyl sites for hydroxylation is 1. The van der Waals surface area contributed by atoms with Gasteiger partial charge in [-0.1, -0.05) is 12.1 Å². The Balaban J connectivity index is 1.43. The van der Waals surface area contributed by atoms with Gasteiger partial charge in [0.05, 0.1) is 16.1 Å². The standard InChI is InChI=1S/C24H28FN3O4S/c1-17-5-4-6-21(24(30)27-13-2-3-14-27)22(17)26-23(29)18-11-15-28(16-12-18)33(31,32)20-9-7-19(25)8-10-20/h4-10,18H,2-3,11-16H2,1H3,(H,26,29). The molecule has 0 saturated carbocycles. The van der Waals surface area contributed by atoms with Crippen molar-refractivity contribution in [1.82, 2.24) is 9.21 Å². The first-order valence-corrected chi connectivity index (χ1v) is 12.7. The van der Waals surface area contributed by atoms with Crippen molar-refractivity contribution in [2.24, 2.45) is 5.92 Å². The molecule has 4 rings (SSSR count). The second kappa shape index (κ2) is 9.61. The maximum atomic E-state index is 13.2. The van der Waals surface area contributed by atoms with Crippen LogP contribution in [0.3, 0.4) is 0 Å². The van der Waals surface area contributed by atoms with Crippen LogP contribution in [0.15, 0.2) is 47.4 Å². The van der Waals surface area contributed by atoms with Gasteiger partial charge in [-0.2, -0.15) is 4.31 Å². The summed E-state index contributed by atoms with van der Waals surface area (Å²) in [5.74, 6) is -1.15. The third-order valence-electron chi connectivity index (χ3n) is 6.42. The fourth-order valence-electron chi connectivity index (χ4n) is 4.44. The van der Waals surface area contributed by atoms with Crippen LogP contribution in [0.1, 0.15) is 41.6 Å². The van der Waals surface area contributed by atoms with Gasteiger partial charge in [0, 0.05) is 32.1 Å². The van der Waals surface area contributed by atoms with Gasteiger partial charge in [0.15, 0.2) is 0 Å². The highest BCUT2D eigenvalue weighted by Gasteiger charge is 2.33. The highest BCUT2D eigenvalue weighted by Crippen LogP contribution is 2.28. The molecule has 2 fully saturated rings. The predicted molar refractivity (Wildman–Crippen MR) is 123 cm³/mol. The van der Waals surface area contributed by atoms with Crippen LogP contribution >= 0.6 is 0 Å². The molecule has 0 atom stereocenters. The molecular formula is C24H28FN3O4S. The fraction of sp³-hybridized carbons (Fsp3) is 0.417. The summed E-state index contributed by atoms with van der Waals surface area (Å²) in [6.07, 6.45) is 2.71. The molecular weight excluding hydrogens is 445 g/mol. The Morgan fingerprint density at radius 2 is 1.61 bits per heavy atom. The topological polar surface area (TPSA) is 86.8 Å². The second-order valence-corrected chi connectivity index (χ2v) is 10.6. The van der Waals surface area contributed by atoms with E-state index in [1.54, 1.807) is 6.07 Å². The Kier molecular flexibility index (Phi) is 6.81. The molecule has 2 aromatic rings. The minimum atomic E-state index is -3.74. The number of carbonyl (C=O) groups is 2. The van der Waals surface area contributed by atoms with E-state index >= 15 is 0 Å². The first-order valence-electron chi connectivity index (χ1n) is 11.2. The number of amides is 2. The number of para-hydroxylation sites is 1. The van der Waals surface area contributed by atoms with Crippen molar-refractivity contribution in [2.45, 2.75) is 37.5 Å². The third-order valence-corrected chi connectivity index (χ3v) is 8.33. The molecule has 2 saturated heterocycles. The molecule has 176 valence electrons. The summed E-state index contributed by atoms with van der Waals surface area (Å²) in [4.78, 5) is 27.8. The van der Waals surface area contributed by atoms with Crippen LogP contribution in [-0.4, -0.2) is 55.6 Å². The van der Waals surface area contributed by atoms with Gasteiger partial charge >= 0.3 is 0 Å². The lowest BCUT2D eigenvalue weighted by molar-refractivity contribution is -0.120. The molecule has 0 spiro atoms. The number of piperidine rings is 1. The van der Waals surface area contributed by atoms with E-state index < -0.39 is 15.8 Å². The van der Waals surface area contributed by atoms with Crippen molar-refractivity contribution in [1.29, 1.82) is 0 Å². The van der Waals surface area contributed by atoms with Gasteiger partial charge in [-0.15, -0.1) is 0 Å². The minimum Gasteiger partial charge on any atom is -0.339 e. The molecule has 9 heteroatoms. The Morgan fingerprint density at radius 3 is 2.24 bits per heavy atom. The Morgan fingerprint density at radius 1 is 0.970 bits per heavy atom. The highest BCUT2D eigenvalue weighted by atomic mass is 32.2. The second-order valence-electron chi connectivity index (χ2n) is 8.62. The van der Waals surface area contributed by atoms with Crippen LogP contribution < -0.4 is 5.32 Å². The Bertz CT molecular complexity index is 1140. The zero-order valence-electron chi connectivity index (χ0n) is 18.6. The van der Waals surface area contributed by atoms with Gasteiger partial charge in [-0.05, 0) is 68.5 Å². The summed E-state index contributed by atoms with van der Waals surface area (Å²) >= 11 is 0. The molecule has 0 aromatic heterocycles. The normalized spacial score (nSPS) is 17.8. The van der Waals surface area contributed by atoms with E-state index in [4.69, 9.17) is 0 Å². The lowest BCUT2D eigenvalue weighted by Gasteiger charge is -2.31. The van der Waals surface area contributed by atoms with Crippen molar-refractivity contribution in [3.63, 3.8) is 0 Å². The number of halogens is 1. The number of hydrogen-bond donors (Lipinski definition) is 1. The van der Waals surface area contributed by atoms with Crippen molar-refractivity contribution >= 4 is 27.5 Å². The predicted octanol–water partition coefficient (Wildman–Crippen LogP) is 3.41. The fourth-order valence-corrected chi connectivity index (χ4v) is 5.91. The zero-order valence-corrected chi connectivity index (χ0v) is 19.4. The first kappa shape index (κ1) is 23.4. The quantitative estimate of drug-likeness (QED) is 0.721. The molecule has 2 amide bonds. The minimum absolute atomic E-state index is 0.0387. The number of likely N-dealkylation sites (tertiary alicyclic amines) is 1. The summed E-state index contributed by atoms with van der Waals surface area (Å²) in [6.45, 7) is 3.70. The number of anilines is 1. The maximum absolute atomic E-state index is 13.2. The molecule has 2 heterocycles. The smallest absolute Gasteiger partial charge is 0.255 e. The van der Waals surface area contributed by atoms with E-state index in [9.17, 15) is 22.4 Å². The summed E-state index contributed by atoms with van der Waals surface area (Å²) in [5.41, 5.74) is 1.83. The number of nitrogens with one attached hydrogen (secondary N) is 1. The van der Waals surface area contributed by atoms with Crippen LogP contribution in [0.5, 0.6) is 0 Å². The van der Waals surface area contributed by atoms with E-state index in [1.807, 2.05) is 24.0 Å². The highest BCUT2D eigenvalue weighted by molar-refractivity contribution is 7.89. The van der Waals surface area contributed by atoms with Crippen molar-refractivity contribution in [3.05, 3.63) is 59.4 Å². The van der Waals surface area contributed by atoms with E-state index in [2.05, 4.69) is 5.32 Å². The van der Waals surface area contributed by atoms with Crippen molar-refractivity contribution < 1.29 is 22.4 Å². The van der Waals surface area contributed by atoms with Crippen molar-refractivity contribution in [2.75, 3.05) is 31.5 Å². The van der Waals surface area contributed by atoms with E-state index in [0.717, 1.165) is 43.6 Å². The largest absolute Gasteiger partial charge is 0.339 e. The molecule has 2 aliphatic heterocycles. The van der Waals surface area contributed by atoms with Gasteiger partial charge < -0.3 is 10.2 Å². The Labute approximate surface area is 193 Å². The molecule has 0 radical (unpaired) electrons. The molecule has 1 N–H and O–H groups in total. The molecule has 2 aromatic carbocycles. The molecule has 0 bridgehead atoms. The lowest BCUT2D eigenvalue weighted by atomic mass is 9.96. The summed E-state index contributed by atoms with van der Waals surface area (Å²) in [5, 5.41) is 2.95. The van der Waals surface area contributed by atoms with Gasteiger partial charge in [0.25, 0.3) is 5.91 Å². The summed E-state index contributed by atoms with van der Waals surface area (Å²) in [6, 6.07) is 10.1. The number of hydrogen-bond acceptors (Lipinski definition) is 4. The van der Waals surface area contributed by atoms with Gasteiger partial charge in [0.2, 0.25) is 15.9 Å². The molecule has 2 aliphatic rings. The van der Waals surface area contributed by atoms with Crippen LogP contribution in [0.25, 0.3) is 0 Å². The zero-order chi connectivity index (χ0) is 23.6. The number of nitrogens with zero attached hydrogens (tertiary/aromatic N) is 2. The van der Waals surface area contributed by atoms with E-state index in [0.29, 0.717) is 24.1 Å². The first-order chi connectivity index (χ1) is 15.8. The number of rotatable bonds is 5. The number of benzene rings is 2. The molecule has 33 heavy (non-hydrogen) atoms. The SMILES string of the molecule is Cc1cccc(C(=O)N2CCCC2)c1NC(=O)C1CCN(S(=O)(=O)c2ccc(F)cc2)CC1. The summed E-state index contributed by atoms with van der Waals surface area (Å²) in [7, 11) is -3.74.